The summed E-state index contributed by atoms with van der Waals surface area (Å²) in [6.45, 7) is 4.04. The molecule has 0 aliphatic rings. The molecule has 0 spiro atoms. The number of carboxylic acid groups (broad SMARTS) is 1. The summed E-state index contributed by atoms with van der Waals surface area (Å²) in [5, 5.41) is 13.0. The van der Waals surface area contributed by atoms with Gasteiger partial charge in [-0.1, -0.05) is 25.1 Å². The number of ether oxygens (including phenoxy) is 1. The van der Waals surface area contributed by atoms with E-state index in [0.717, 1.165) is 0 Å². The first-order valence-electron chi connectivity index (χ1n) is 8.72. The zero-order valence-electron chi connectivity index (χ0n) is 15.4. The molecule has 1 amide bonds. The Hall–Kier alpha value is -3.35. The second kappa shape index (κ2) is 7.49. The summed E-state index contributed by atoms with van der Waals surface area (Å²) < 4.78 is 7.10. The van der Waals surface area contributed by atoms with Gasteiger partial charge in [0.25, 0.3) is 5.91 Å². The molecule has 0 bridgehead atoms. The lowest BCUT2D eigenvalue weighted by atomic mass is 10.1. The monoisotopic (exact) mass is 367 g/mol. The minimum atomic E-state index is -1.09. The van der Waals surface area contributed by atoms with Crippen LogP contribution in [0, 0.1) is 0 Å². The van der Waals surface area contributed by atoms with Gasteiger partial charge in [0.15, 0.2) is 11.4 Å². The molecule has 27 heavy (non-hydrogen) atoms. The van der Waals surface area contributed by atoms with Gasteiger partial charge in [0.1, 0.15) is 5.65 Å². The highest BCUT2D eigenvalue weighted by Gasteiger charge is 2.24. The summed E-state index contributed by atoms with van der Waals surface area (Å²) in [5.41, 5.74) is 2.29. The number of benzene rings is 1. The minimum Gasteiger partial charge on any atom is -0.491 e. The topological polar surface area (TPSA) is 93.4 Å². The van der Waals surface area contributed by atoms with Crippen molar-refractivity contribution in [2.45, 2.75) is 20.3 Å². The molecule has 0 atom stereocenters. The molecule has 7 heteroatoms. The fourth-order valence-corrected chi connectivity index (χ4v) is 3.04. The van der Waals surface area contributed by atoms with Crippen molar-refractivity contribution in [1.82, 2.24) is 9.55 Å². The summed E-state index contributed by atoms with van der Waals surface area (Å²) >= 11 is 0. The highest BCUT2D eigenvalue weighted by atomic mass is 16.5. The normalized spacial score (nSPS) is 10.8. The molecular formula is C20H21N3O4. The molecule has 0 fully saturated rings. The van der Waals surface area contributed by atoms with Crippen LogP contribution in [0.2, 0.25) is 0 Å². The van der Waals surface area contributed by atoms with Crippen LogP contribution in [-0.2, 0) is 13.5 Å². The number of carbonyl (C=O) groups excluding carboxylic acids is 1. The van der Waals surface area contributed by atoms with Crippen LogP contribution in [0.25, 0.3) is 11.0 Å². The molecule has 1 aromatic carbocycles. The number of nitrogens with zero attached hydrogens (tertiary/aromatic N) is 2. The Morgan fingerprint density at radius 1 is 1.22 bits per heavy atom. The number of fused-ring (bicyclic) bond motifs is 1. The number of aromatic carboxylic acids is 1. The maximum Gasteiger partial charge on any atom is 0.356 e. The van der Waals surface area contributed by atoms with E-state index in [2.05, 4.69) is 10.3 Å². The summed E-state index contributed by atoms with van der Waals surface area (Å²) in [5.74, 6) is -1.08. The summed E-state index contributed by atoms with van der Waals surface area (Å²) in [7, 11) is 1.64. The van der Waals surface area contributed by atoms with Crippen molar-refractivity contribution in [3.8, 4) is 5.75 Å². The molecule has 0 aliphatic carbocycles. The van der Waals surface area contributed by atoms with Crippen molar-refractivity contribution in [3.63, 3.8) is 0 Å². The van der Waals surface area contributed by atoms with Crippen LogP contribution in [0.4, 0.5) is 5.69 Å². The fourth-order valence-electron chi connectivity index (χ4n) is 3.04. The first kappa shape index (κ1) is 18.4. The van der Waals surface area contributed by atoms with Crippen LogP contribution in [0.1, 0.15) is 40.4 Å². The van der Waals surface area contributed by atoms with E-state index in [1.54, 1.807) is 44.3 Å². The van der Waals surface area contributed by atoms with E-state index < -0.39 is 5.97 Å². The third kappa shape index (κ3) is 3.36. The van der Waals surface area contributed by atoms with Crippen LogP contribution in [0.5, 0.6) is 5.75 Å². The van der Waals surface area contributed by atoms with Crippen LogP contribution >= 0.6 is 0 Å². The van der Waals surface area contributed by atoms with E-state index in [-0.39, 0.29) is 17.4 Å². The van der Waals surface area contributed by atoms with Crippen molar-refractivity contribution >= 4 is 28.6 Å². The number of carbonyl (C=O) groups is 2. The van der Waals surface area contributed by atoms with E-state index in [0.29, 0.717) is 41.0 Å². The molecule has 2 N–H and O–H groups in total. The van der Waals surface area contributed by atoms with Gasteiger partial charge in [-0.05, 0) is 31.5 Å². The fraction of sp³-hybridized carbons (Fsp3) is 0.250. The largest absolute Gasteiger partial charge is 0.491 e. The lowest BCUT2D eigenvalue weighted by Gasteiger charge is -2.11. The zero-order valence-corrected chi connectivity index (χ0v) is 15.4. The maximum absolute atomic E-state index is 12.5. The molecule has 3 aromatic rings. The van der Waals surface area contributed by atoms with Gasteiger partial charge >= 0.3 is 5.97 Å². The van der Waals surface area contributed by atoms with E-state index >= 15 is 0 Å². The lowest BCUT2D eigenvalue weighted by Crippen LogP contribution is -2.14. The first-order chi connectivity index (χ1) is 13.0. The Kier molecular flexibility index (Phi) is 5.12. The van der Waals surface area contributed by atoms with E-state index in [1.807, 2.05) is 13.0 Å². The van der Waals surface area contributed by atoms with E-state index in [9.17, 15) is 14.7 Å². The van der Waals surface area contributed by atoms with Crippen molar-refractivity contribution in [1.29, 1.82) is 0 Å². The lowest BCUT2D eigenvalue weighted by molar-refractivity contribution is 0.0682. The summed E-state index contributed by atoms with van der Waals surface area (Å²) in [6, 6.07) is 10.6. The Morgan fingerprint density at radius 2 is 1.93 bits per heavy atom. The van der Waals surface area contributed by atoms with E-state index in [4.69, 9.17) is 4.74 Å². The molecule has 2 aromatic heterocycles. The standard InChI is InChI=1S/C20H21N3O4/c1-4-14-15(22-19(24)12-9-7-6-8-10-12)11-13-17(27-5-2)16(20(25)26)23(3)18(13)21-14/h6-11H,4-5H2,1-3H3,(H,22,24)(H,25,26). The maximum atomic E-state index is 12.5. The number of carboxylic acids is 1. The molecule has 0 saturated carbocycles. The van der Waals surface area contributed by atoms with Crippen molar-refractivity contribution < 1.29 is 19.4 Å². The number of rotatable bonds is 6. The summed E-state index contributed by atoms with van der Waals surface area (Å²) in [6.07, 6.45) is 0.581. The Labute approximate surface area is 156 Å². The van der Waals surface area contributed by atoms with Gasteiger partial charge in [-0.3, -0.25) is 4.79 Å². The second-order valence-corrected chi connectivity index (χ2v) is 6.00. The number of nitrogens with one attached hydrogen (secondary N) is 1. The molecule has 140 valence electrons. The summed E-state index contributed by atoms with van der Waals surface area (Å²) in [4.78, 5) is 28.8. The van der Waals surface area contributed by atoms with Gasteiger partial charge in [-0.2, -0.15) is 0 Å². The Balaban J connectivity index is 2.14. The molecule has 3 rings (SSSR count). The van der Waals surface area contributed by atoms with Crippen LogP contribution in [0.15, 0.2) is 36.4 Å². The molecule has 0 radical (unpaired) electrons. The molecule has 0 unspecified atom stereocenters. The van der Waals surface area contributed by atoms with Crippen molar-refractivity contribution in [3.05, 3.63) is 53.3 Å². The quantitative estimate of drug-likeness (QED) is 0.696. The van der Waals surface area contributed by atoms with E-state index in [1.165, 1.54) is 4.57 Å². The number of aryl methyl sites for hydroxylation is 2. The van der Waals surface area contributed by atoms with Gasteiger partial charge in [0.05, 0.1) is 23.4 Å². The predicted molar refractivity (Wildman–Crippen MR) is 103 cm³/mol. The molecule has 7 nitrogen and oxygen atoms in total. The number of aromatic nitrogens is 2. The number of amides is 1. The van der Waals surface area contributed by atoms with Crippen LogP contribution in [0.3, 0.4) is 0 Å². The van der Waals surface area contributed by atoms with Gasteiger partial charge in [0, 0.05) is 12.6 Å². The molecule has 0 aliphatic heterocycles. The Morgan fingerprint density at radius 3 is 2.52 bits per heavy atom. The highest BCUT2D eigenvalue weighted by molar-refractivity contribution is 6.06. The average molecular weight is 367 g/mol. The van der Waals surface area contributed by atoms with Gasteiger partial charge in [-0.15, -0.1) is 0 Å². The first-order valence-corrected chi connectivity index (χ1v) is 8.72. The van der Waals surface area contributed by atoms with Crippen LogP contribution in [-0.4, -0.2) is 33.1 Å². The third-order valence-electron chi connectivity index (χ3n) is 4.30. The zero-order chi connectivity index (χ0) is 19.6. The SMILES string of the molecule is CCOc1c(C(=O)O)n(C)c2nc(CC)c(NC(=O)c3ccccc3)cc12. The smallest absolute Gasteiger partial charge is 0.356 e. The highest BCUT2D eigenvalue weighted by Crippen LogP contribution is 2.35. The van der Waals surface area contributed by atoms with Gasteiger partial charge in [-0.25, -0.2) is 9.78 Å². The number of hydrogen-bond donors (Lipinski definition) is 2. The van der Waals surface area contributed by atoms with Gasteiger partial charge in [0.2, 0.25) is 0 Å². The van der Waals surface area contributed by atoms with Crippen molar-refractivity contribution in [2.75, 3.05) is 11.9 Å². The Bertz CT molecular complexity index is 1010. The average Bonchev–Trinajstić information content (AvgIpc) is 2.93. The van der Waals surface area contributed by atoms with Gasteiger partial charge < -0.3 is 19.7 Å². The number of hydrogen-bond acceptors (Lipinski definition) is 4. The number of pyridine rings is 1. The molecular weight excluding hydrogens is 346 g/mol. The minimum absolute atomic E-state index is 0.0351. The molecule has 2 heterocycles. The van der Waals surface area contributed by atoms with Crippen LogP contribution < -0.4 is 10.1 Å². The molecule has 0 saturated heterocycles. The predicted octanol–water partition coefficient (Wildman–Crippen LogP) is 3.48. The number of anilines is 1. The van der Waals surface area contributed by atoms with Crippen molar-refractivity contribution in [2.24, 2.45) is 7.05 Å². The second-order valence-electron chi connectivity index (χ2n) is 6.00. The third-order valence-corrected chi connectivity index (χ3v) is 4.30.